The molecule has 2 N–H and O–H groups in total. The van der Waals surface area contributed by atoms with Gasteiger partial charge in [0.1, 0.15) is 11.7 Å². The van der Waals surface area contributed by atoms with E-state index in [1.165, 1.54) is 0 Å². The highest BCUT2D eigenvalue weighted by Gasteiger charge is 2.34. The van der Waals surface area contributed by atoms with Crippen molar-refractivity contribution in [2.75, 3.05) is 31.2 Å². The number of carbonyl (C=O) groups excluding carboxylic acids is 1. The molecule has 2 fully saturated rings. The van der Waals surface area contributed by atoms with Crippen molar-refractivity contribution in [3.05, 3.63) is 23.8 Å². The fraction of sp³-hybridized carbons (Fsp3) is 0.588. The first-order valence-electron chi connectivity index (χ1n) is 8.74. The summed E-state index contributed by atoms with van der Waals surface area (Å²) in [6.45, 7) is 2.35. The number of benzene rings is 1. The molecule has 9 heteroatoms. The van der Waals surface area contributed by atoms with Crippen molar-refractivity contribution in [3.8, 4) is 0 Å². The van der Waals surface area contributed by atoms with Gasteiger partial charge in [0.15, 0.2) is 21.5 Å². The maximum absolute atomic E-state index is 14.3. The highest BCUT2D eigenvalue weighted by molar-refractivity contribution is 7.90. The summed E-state index contributed by atoms with van der Waals surface area (Å²) in [4.78, 5) is 14.2. The maximum Gasteiger partial charge on any atom is 0.245 e. The third-order valence-corrected chi connectivity index (χ3v) is 6.08. The fourth-order valence-corrected chi connectivity index (χ4v) is 4.23. The molecule has 0 aliphatic carbocycles. The fourth-order valence-electron chi connectivity index (χ4n) is 3.59. The lowest BCUT2D eigenvalue weighted by atomic mass is 9.98. The van der Waals surface area contributed by atoms with Crippen molar-refractivity contribution in [2.24, 2.45) is 0 Å². The molecule has 1 aromatic rings. The first-order valence-corrected chi connectivity index (χ1v) is 10.6. The van der Waals surface area contributed by atoms with Crippen molar-refractivity contribution in [1.82, 2.24) is 10.2 Å². The lowest BCUT2D eigenvalue weighted by Gasteiger charge is -2.40. The van der Waals surface area contributed by atoms with Gasteiger partial charge in [0.2, 0.25) is 5.91 Å². The highest BCUT2D eigenvalue weighted by Crippen LogP contribution is 2.27. The van der Waals surface area contributed by atoms with Crippen LogP contribution in [0.5, 0.6) is 0 Å². The van der Waals surface area contributed by atoms with E-state index in [9.17, 15) is 22.0 Å². The van der Waals surface area contributed by atoms with Gasteiger partial charge in [-0.25, -0.2) is 17.2 Å². The van der Waals surface area contributed by atoms with Crippen molar-refractivity contribution < 1.29 is 22.0 Å². The van der Waals surface area contributed by atoms with E-state index in [1.54, 1.807) is 0 Å². The van der Waals surface area contributed by atoms with Crippen LogP contribution in [0.25, 0.3) is 0 Å². The third kappa shape index (κ3) is 3.98. The molecule has 1 amide bonds. The smallest absolute Gasteiger partial charge is 0.245 e. The largest absolute Gasteiger partial charge is 0.369 e. The number of amides is 1. The quantitative estimate of drug-likeness (QED) is 0.819. The zero-order valence-electron chi connectivity index (χ0n) is 14.6. The summed E-state index contributed by atoms with van der Waals surface area (Å²) in [6, 6.07) is 0.986. The van der Waals surface area contributed by atoms with Crippen LogP contribution >= 0.6 is 0 Å². The minimum atomic E-state index is -3.72. The summed E-state index contributed by atoms with van der Waals surface area (Å²) in [5, 5.41) is 5.91. The molecule has 1 aromatic carbocycles. The van der Waals surface area contributed by atoms with Gasteiger partial charge >= 0.3 is 0 Å². The molecule has 144 valence electrons. The number of likely N-dealkylation sites (tertiary alicyclic amines) is 1. The van der Waals surface area contributed by atoms with E-state index in [4.69, 9.17) is 0 Å². The Morgan fingerprint density at radius 2 is 1.77 bits per heavy atom. The predicted molar refractivity (Wildman–Crippen MR) is 93.7 cm³/mol. The summed E-state index contributed by atoms with van der Waals surface area (Å²) in [7, 11) is -3.72. The van der Waals surface area contributed by atoms with Crippen LogP contribution in [0.4, 0.5) is 14.5 Å². The molecule has 0 radical (unpaired) electrons. The van der Waals surface area contributed by atoms with Gasteiger partial charge in [0.25, 0.3) is 0 Å². The van der Waals surface area contributed by atoms with Gasteiger partial charge in [-0.15, -0.1) is 0 Å². The van der Waals surface area contributed by atoms with Crippen LogP contribution < -0.4 is 10.6 Å². The second-order valence-corrected chi connectivity index (χ2v) is 8.90. The molecule has 3 rings (SSSR count). The maximum atomic E-state index is 14.3. The molecule has 6 nitrogen and oxygen atoms in total. The Hall–Kier alpha value is -1.74. The summed E-state index contributed by atoms with van der Waals surface area (Å²) in [6.07, 6.45) is 3.84. The van der Waals surface area contributed by atoms with Crippen LogP contribution in [0.2, 0.25) is 0 Å². The normalized spacial score (nSPS) is 22.5. The Balaban J connectivity index is 1.78. The predicted octanol–water partition coefficient (Wildman–Crippen LogP) is 1.52. The summed E-state index contributed by atoms with van der Waals surface area (Å²) >= 11 is 0. The van der Waals surface area contributed by atoms with Gasteiger partial charge in [0, 0.05) is 18.8 Å². The number of nitrogens with one attached hydrogen (secondary N) is 2. The second kappa shape index (κ2) is 7.48. The Morgan fingerprint density at radius 3 is 2.35 bits per heavy atom. The van der Waals surface area contributed by atoms with E-state index in [0.29, 0.717) is 13.0 Å². The second-order valence-electron chi connectivity index (χ2n) is 6.89. The summed E-state index contributed by atoms with van der Waals surface area (Å²) in [5.74, 6) is -2.19. The van der Waals surface area contributed by atoms with Crippen molar-refractivity contribution in [3.63, 3.8) is 0 Å². The molecule has 0 aromatic heterocycles. The Labute approximate surface area is 151 Å². The summed E-state index contributed by atoms with van der Waals surface area (Å²) < 4.78 is 51.5. The van der Waals surface area contributed by atoms with Crippen LogP contribution in [-0.4, -0.2) is 57.2 Å². The standard InChI is InChI=1S/C17H23F2N3O3S/c1-26(24,25)12-9-13(18)16(14(19)10-12)21-15-3-2-8-22(17(15)23)11-4-6-20-7-5-11/h9-11,15,20-21H,2-8H2,1H3/t15-/m0/s1. The molecule has 0 spiro atoms. The van der Waals surface area contributed by atoms with Crippen LogP contribution in [0.15, 0.2) is 17.0 Å². The van der Waals surface area contributed by atoms with Crippen molar-refractivity contribution >= 4 is 21.4 Å². The molecule has 2 heterocycles. The minimum absolute atomic E-state index is 0.149. The Bertz CT molecular complexity index is 771. The minimum Gasteiger partial charge on any atom is -0.369 e. The summed E-state index contributed by atoms with van der Waals surface area (Å²) in [5.41, 5.74) is -0.456. The van der Waals surface area contributed by atoms with Crippen LogP contribution in [0.1, 0.15) is 25.7 Å². The first-order chi connectivity index (χ1) is 12.3. The van der Waals surface area contributed by atoms with Crippen LogP contribution in [-0.2, 0) is 14.6 Å². The third-order valence-electron chi connectivity index (χ3n) is 4.98. The molecule has 26 heavy (non-hydrogen) atoms. The lowest BCUT2D eigenvalue weighted by molar-refractivity contribution is -0.137. The SMILES string of the molecule is CS(=O)(=O)c1cc(F)c(N[C@H]2CCCN(C3CCNCC3)C2=O)c(F)c1. The Morgan fingerprint density at radius 1 is 1.15 bits per heavy atom. The molecule has 2 aliphatic rings. The van der Waals surface area contributed by atoms with E-state index in [0.717, 1.165) is 50.7 Å². The van der Waals surface area contributed by atoms with Gasteiger partial charge in [-0.1, -0.05) is 0 Å². The van der Waals surface area contributed by atoms with Gasteiger partial charge in [0.05, 0.1) is 4.90 Å². The van der Waals surface area contributed by atoms with E-state index >= 15 is 0 Å². The topological polar surface area (TPSA) is 78.5 Å². The van der Waals surface area contributed by atoms with Crippen LogP contribution in [0, 0.1) is 11.6 Å². The van der Waals surface area contributed by atoms with E-state index in [2.05, 4.69) is 10.6 Å². The van der Waals surface area contributed by atoms with Crippen molar-refractivity contribution in [1.29, 1.82) is 0 Å². The molecule has 0 bridgehead atoms. The molecule has 2 saturated heterocycles. The van der Waals surface area contributed by atoms with E-state index < -0.39 is 38.1 Å². The molecule has 0 saturated carbocycles. The number of halogens is 2. The molecule has 0 unspecified atom stereocenters. The van der Waals surface area contributed by atoms with E-state index in [1.807, 2.05) is 4.90 Å². The van der Waals surface area contributed by atoms with Gasteiger partial charge < -0.3 is 15.5 Å². The number of sulfone groups is 1. The number of hydrogen-bond donors (Lipinski definition) is 2. The molecular formula is C17H23F2N3O3S. The van der Waals surface area contributed by atoms with Crippen molar-refractivity contribution in [2.45, 2.75) is 42.7 Å². The van der Waals surface area contributed by atoms with Crippen LogP contribution in [0.3, 0.4) is 0 Å². The number of rotatable bonds is 4. The monoisotopic (exact) mass is 387 g/mol. The molecule has 1 atom stereocenters. The zero-order chi connectivity index (χ0) is 18.9. The number of anilines is 1. The van der Waals surface area contributed by atoms with Gasteiger partial charge in [-0.2, -0.15) is 0 Å². The lowest BCUT2D eigenvalue weighted by Crippen LogP contribution is -2.54. The average molecular weight is 387 g/mol. The average Bonchev–Trinajstić information content (AvgIpc) is 2.59. The highest BCUT2D eigenvalue weighted by atomic mass is 32.2. The van der Waals surface area contributed by atoms with Gasteiger partial charge in [-0.3, -0.25) is 4.79 Å². The van der Waals surface area contributed by atoms with Gasteiger partial charge in [-0.05, 0) is 50.9 Å². The first kappa shape index (κ1) is 19.0. The number of nitrogens with zero attached hydrogens (tertiary/aromatic N) is 1. The number of hydrogen-bond acceptors (Lipinski definition) is 5. The number of piperidine rings is 2. The molecule has 2 aliphatic heterocycles. The Kier molecular flexibility index (Phi) is 5.47. The number of carbonyl (C=O) groups is 1. The molecular weight excluding hydrogens is 364 g/mol. The van der Waals surface area contributed by atoms with E-state index in [-0.39, 0.29) is 11.9 Å². The zero-order valence-corrected chi connectivity index (χ0v) is 15.4.